The van der Waals surface area contributed by atoms with Crippen molar-refractivity contribution in [3.8, 4) is 5.75 Å². The molecule has 5 nitrogen and oxygen atoms in total. The van der Waals surface area contributed by atoms with E-state index in [-0.39, 0.29) is 5.78 Å². The number of rotatable bonds is 6. The van der Waals surface area contributed by atoms with Crippen molar-refractivity contribution in [2.24, 2.45) is 5.73 Å². The molecular weight excluding hydrogens is 254 g/mol. The molecule has 3 rings (SSSR count). The Bertz CT molecular complexity index is 617. The number of ether oxygens (including phenoxy) is 1. The predicted octanol–water partition coefficient (Wildman–Crippen LogP) is 1.61. The van der Waals surface area contributed by atoms with Crippen molar-refractivity contribution in [2.75, 3.05) is 6.54 Å². The first-order valence-electron chi connectivity index (χ1n) is 6.79. The maximum absolute atomic E-state index is 12.4. The van der Waals surface area contributed by atoms with Gasteiger partial charge in [-0.2, -0.15) is 0 Å². The zero-order chi connectivity index (χ0) is 13.9. The van der Waals surface area contributed by atoms with E-state index in [9.17, 15) is 4.79 Å². The zero-order valence-corrected chi connectivity index (χ0v) is 11.2. The molecule has 0 radical (unpaired) electrons. The second-order valence-electron chi connectivity index (χ2n) is 4.96. The van der Waals surface area contributed by atoms with E-state index in [1.165, 1.54) is 0 Å². The van der Waals surface area contributed by atoms with Crippen molar-refractivity contribution in [1.29, 1.82) is 0 Å². The second-order valence-corrected chi connectivity index (χ2v) is 4.96. The minimum atomic E-state index is -0.0954. The highest BCUT2D eigenvalue weighted by Crippen LogP contribution is 2.27. The summed E-state index contributed by atoms with van der Waals surface area (Å²) in [5, 5.41) is 0. The molecule has 1 aromatic heterocycles. The molecule has 0 spiro atoms. The quantitative estimate of drug-likeness (QED) is 0.810. The van der Waals surface area contributed by atoms with Gasteiger partial charge in [-0.25, -0.2) is 4.98 Å². The van der Waals surface area contributed by atoms with E-state index in [0.29, 0.717) is 30.5 Å². The number of ketones is 1. The number of hydrogen-bond acceptors (Lipinski definition) is 4. The molecule has 104 valence electrons. The van der Waals surface area contributed by atoms with E-state index in [1.54, 1.807) is 24.7 Å². The normalized spacial score (nSPS) is 14.2. The van der Waals surface area contributed by atoms with Crippen LogP contribution in [0, 0.1) is 0 Å². The first kappa shape index (κ1) is 12.9. The highest BCUT2D eigenvalue weighted by atomic mass is 16.5. The van der Waals surface area contributed by atoms with Gasteiger partial charge in [-0.3, -0.25) is 4.79 Å². The average molecular weight is 271 g/mol. The van der Waals surface area contributed by atoms with Gasteiger partial charge in [0, 0.05) is 24.8 Å². The van der Waals surface area contributed by atoms with Crippen LogP contribution in [0.1, 0.15) is 28.9 Å². The summed E-state index contributed by atoms with van der Waals surface area (Å²) in [7, 11) is 0. The van der Waals surface area contributed by atoms with E-state index in [1.807, 2.05) is 16.7 Å². The van der Waals surface area contributed by atoms with Crippen LogP contribution in [0.25, 0.3) is 0 Å². The molecule has 1 heterocycles. The molecule has 1 aliphatic carbocycles. The van der Waals surface area contributed by atoms with Crippen molar-refractivity contribution < 1.29 is 9.53 Å². The number of carbonyl (C=O) groups excluding carboxylic acids is 1. The van der Waals surface area contributed by atoms with Gasteiger partial charge in [0.2, 0.25) is 5.78 Å². The Hall–Kier alpha value is -2.14. The summed E-state index contributed by atoms with van der Waals surface area (Å²) in [6, 6.07) is 7.27. The molecule has 0 atom stereocenters. The summed E-state index contributed by atoms with van der Waals surface area (Å²) < 4.78 is 7.52. The maximum Gasteiger partial charge on any atom is 0.213 e. The van der Waals surface area contributed by atoms with Gasteiger partial charge in [-0.1, -0.05) is 12.1 Å². The zero-order valence-electron chi connectivity index (χ0n) is 11.2. The summed E-state index contributed by atoms with van der Waals surface area (Å²) in [5.74, 6) is 0.654. The monoisotopic (exact) mass is 271 g/mol. The van der Waals surface area contributed by atoms with E-state index in [4.69, 9.17) is 10.5 Å². The van der Waals surface area contributed by atoms with Crippen LogP contribution in [0.5, 0.6) is 5.75 Å². The van der Waals surface area contributed by atoms with Gasteiger partial charge in [-0.05, 0) is 25.0 Å². The molecule has 1 fully saturated rings. The highest BCUT2D eigenvalue weighted by molar-refractivity contribution is 6.07. The number of imidazole rings is 1. The maximum atomic E-state index is 12.4. The van der Waals surface area contributed by atoms with Crippen LogP contribution in [0.4, 0.5) is 0 Å². The van der Waals surface area contributed by atoms with E-state index >= 15 is 0 Å². The second kappa shape index (κ2) is 5.46. The van der Waals surface area contributed by atoms with Crippen molar-refractivity contribution in [3.05, 3.63) is 48.0 Å². The Kier molecular flexibility index (Phi) is 3.52. The van der Waals surface area contributed by atoms with E-state index < -0.39 is 0 Å². The van der Waals surface area contributed by atoms with Crippen LogP contribution >= 0.6 is 0 Å². The average Bonchev–Trinajstić information content (AvgIpc) is 3.15. The van der Waals surface area contributed by atoms with E-state index in [2.05, 4.69) is 4.98 Å². The molecule has 0 aliphatic heterocycles. The van der Waals surface area contributed by atoms with Crippen LogP contribution in [0.3, 0.4) is 0 Å². The third-order valence-electron chi connectivity index (χ3n) is 3.18. The summed E-state index contributed by atoms with van der Waals surface area (Å²) in [6.45, 7) is 1.18. The number of hydrogen-bond donors (Lipinski definition) is 1. The van der Waals surface area contributed by atoms with Gasteiger partial charge >= 0.3 is 0 Å². The number of carbonyl (C=O) groups is 1. The molecule has 2 aromatic rings. The fourth-order valence-corrected chi connectivity index (χ4v) is 1.99. The molecular formula is C15H17N3O2. The topological polar surface area (TPSA) is 70.1 Å². The molecule has 1 saturated carbocycles. The predicted molar refractivity (Wildman–Crippen MR) is 74.8 cm³/mol. The van der Waals surface area contributed by atoms with Gasteiger partial charge in [0.05, 0.1) is 12.4 Å². The lowest BCUT2D eigenvalue weighted by Crippen LogP contribution is -2.08. The highest BCUT2D eigenvalue weighted by Gasteiger charge is 2.23. The van der Waals surface area contributed by atoms with Crippen molar-refractivity contribution in [3.63, 3.8) is 0 Å². The van der Waals surface area contributed by atoms with Crippen molar-refractivity contribution in [2.45, 2.75) is 25.5 Å². The van der Waals surface area contributed by atoms with Crippen molar-refractivity contribution >= 4 is 5.78 Å². The molecule has 0 amide bonds. The van der Waals surface area contributed by atoms with Gasteiger partial charge in [-0.15, -0.1) is 0 Å². The van der Waals surface area contributed by atoms with Crippen LogP contribution in [-0.2, 0) is 6.54 Å². The van der Waals surface area contributed by atoms with Gasteiger partial charge < -0.3 is 15.0 Å². The molecule has 1 aliphatic rings. The van der Waals surface area contributed by atoms with Gasteiger partial charge in [0.1, 0.15) is 11.4 Å². The van der Waals surface area contributed by atoms with Crippen LogP contribution in [0.2, 0.25) is 0 Å². The summed E-state index contributed by atoms with van der Waals surface area (Å²) in [5.41, 5.74) is 6.51. The lowest BCUT2D eigenvalue weighted by atomic mass is 10.1. The number of benzene rings is 1. The largest absolute Gasteiger partial charge is 0.490 e. The fourth-order valence-electron chi connectivity index (χ4n) is 1.99. The molecule has 0 unspecified atom stereocenters. The first-order chi connectivity index (χ1) is 9.76. The number of aromatic nitrogens is 2. The summed E-state index contributed by atoms with van der Waals surface area (Å²) in [6.07, 6.45) is 5.88. The number of nitrogens with zero attached hydrogens (tertiary/aromatic N) is 2. The van der Waals surface area contributed by atoms with Crippen LogP contribution in [0.15, 0.2) is 36.8 Å². The van der Waals surface area contributed by atoms with Gasteiger partial charge in [0.15, 0.2) is 0 Å². The molecule has 20 heavy (non-hydrogen) atoms. The Morgan fingerprint density at radius 2 is 2.30 bits per heavy atom. The lowest BCUT2D eigenvalue weighted by molar-refractivity contribution is 0.103. The minimum Gasteiger partial charge on any atom is -0.490 e. The Balaban J connectivity index is 1.77. The molecule has 5 heteroatoms. The summed E-state index contributed by atoms with van der Waals surface area (Å²) >= 11 is 0. The third-order valence-corrected chi connectivity index (χ3v) is 3.18. The SMILES string of the molecule is NCCn1cnc(C(=O)c2cccc(OC3CC3)c2)c1. The van der Waals surface area contributed by atoms with Crippen LogP contribution in [-0.4, -0.2) is 28.0 Å². The number of nitrogens with two attached hydrogens (primary N) is 1. The standard InChI is InChI=1S/C15H17N3O2/c16-6-7-18-9-14(17-10-18)15(19)11-2-1-3-13(8-11)20-12-4-5-12/h1-3,8-10,12H,4-7,16H2. The Labute approximate surface area is 117 Å². The Morgan fingerprint density at radius 3 is 3.05 bits per heavy atom. The van der Waals surface area contributed by atoms with Gasteiger partial charge in [0.25, 0.3) is 0 Å². The van der Waals surface area contributed by atoms with E-state index in [0.717, 1.165) is 18.6 Å². The first-order valence-corrected chi connectivity index (χ1v) is 6.79. The van der Waals surface area contributed by atoms with Crippen molar-refractivity contribution in [1.82, 2.24) is 9.55 Å². The molecule has 0 saturated heterocycles. The summed E-state index contributed by atoms with van der Waals surface area (Å²) in [4.78, 5) is 16.5. The third kappa shape index (κ3) is 2.88. The Morgan fingerprint density at radius 1 is 1.45 bits per heavy atom. The minimum absolute atomic E-state index is 0.0954. The molecule has 1 aromatic carbocycles. The smallest absolute Gasteiger partial charge is 0.213 e. The fraction of sp³-hybridized carbons (Fsp3) is 0.333. The molecule has 0 bridgehead atoms. The van der Waals surface area contributed by atoms with Crippen LogP contribution < -0.4 is 10.5 Å². The molecule has 2 N–H and O–H groups in total. The lowest BCUT2D eigenvalue weighted by Gasteiger charge is -2.05.